The van der Waals surface area contributed by atoms with Crippen molar-refractivity contribution in [3.8, 4) is 0 Å². The van der Waals surface area contributed by atoms with Crippen LogP contribution in [0.25, 0.3) is 10.9 Å². The number of aromatic nitrogens is 2. The van der Waals surface area contributed by atoms with E-state index < -0.39 is 27.9 Å². The lowest BCUT2D eigenvalue weighted by atomic mass is 10.1. The van der Waals surface area contributed by atoms with Gasteiger partial charge in [-0.2, -0.15) is 13.5 Å². The van der Waals surface area contributed by atoms with E-state index in [1.54, 1.807) is 39.0 Å². The molecule has 1 aromatic heterocycles. The number of benzene rings is 2. The van der Waals surface area contributed by atoms with Crippen LogP contribution in [-0.2, 0) is 25.6 Å². The predicted molar refractivity (Wildman–Crippen MR) is 128 cm³/mol. The van der Waals surface area contributed by atoms with Gasteiger partial charge in [-0.25, -0.2) is 4.79 Å². The number of aliphatic hydroxyl groups excluding tert-OH is 1. The molecule has 34 heavy (non-hydrogen) atoms. The van der Waals surface area contributed by atoms with Crippen LogP contribution in [0.15, 0.2) is 53.4 Å². The molecule has 0 spiro atoms. The smallest absolute Gasteiger partial charge is 0.410 e. The Kier molecular flexibility index (Phi) is 7.64. The third-order valence-electron chi connectivity index (χ3n) is 5.01. The van der Waals surface area contributed by atoms with Gasteiger partial charge in [0.25, 0.3) is 10.1 Å². The Hall–Kier alpha value is -2.95. The molecule has 1 atom stereocenters. The molecule has 0 radical (unpaired) electrons. The summed E-state index contributed by atoms with van der Waals surface area (Å²) < 4.78 is 37.1. The number of carbonyl (C=O) groups excluding carboxylic acids is 1. The zero-order valence-electron chi connectivity index (χ0n) is 20.1. The van der Waals surface area contributed by atoms with Gasteiger partial charge < -0.3 is 14.7 Å². The van der Waals surface area contributed by atoms with Crippen LogP contribution in [0.5, 0.6) is 0 Å². The SMILES string of the molecule is Cc1ccc(S(=O)(=O)OCCn2nc3ccccc3c2[C@H](O)CN(C)C(=O)OC(C)(C)C)cc1. The number of fused-ring (bicyclic) bond motifs is 1. The number of hydrogen-bond donors (Lipinski definition) is 1. The van der Waals surface area contributed by atoms with E-state index in [4.69, 9.17) is 8.92 Å². The molecule has 1 amide bonds. The maximum absolute atomic E-state index is 12.5. The maximum Gasteiger partial charge on any atom is 0.410 e. The molecule has 0 aliphatic carbocycles. The number of hydrogen-bond acceptors (Lipinski definition) is 7. The molecule has 0 aliphatic rings. The van der Waals surface area contributed by atoms with Crippen molar-refractivity contribution in [3.05, 3.63) is 59.8 Å². The highest BCUT2D eigenvalue weighted by molar-refractivity contribution is 7.86. The van der Waals surface area contributed by atoms with Crippen LogP contribution in [0.3, 0.4) is 0 Å². The van der Waals surface area contributed by atoms with Gasteiger partial charge in [0.2, 0.25) is 0 Å². The average molecular weight is 490 g/mol. The molecule has 0 saturated carbocycles. The Bertz CT molecular complexity index is 1250. The van der Waals surface area contributed by atoms with E-state index in [1.165, 1.54) is 28.8 Å². The zero-order chi connectivity index (χ0) is 25.1. The van der Waals surface area contributed by atoms with Crippen LogP contribution in [-0.4, -0.2) is 60.1 Å². The summed E-state index contributed by atoms with van der Waals surface area (Å²) >= 11 is 0. The highest BCUT2D eigenvalue weighted by Gasteiger charge is 2.25. The van der Waals surface area contributed by atoms with Crippen LogP contribution in [0, 0.1) is 6.92 Å². The standard InChI is InChI=1S/C24H31N3O6S/c1-17-10-12-18(13-11-17)34(30,31)32-15-14-27-22(19-8-6-7-9-20(19)25-27)21(28)16-26(5)23(29)33-24(2,3)4/h6-13,21,28H,14-16H2,1-5H3/t21-/m1/s1. The lowest BCUT2D eigenvalue weighted by molar-refractivity contribution is 0.0198. The number of ether oxygens (including phenoxy) is 1. The summed E-state index contributed by atoms with van der Waals surface area (Å²) in [5, 5.41) is 16.2. The highest BCUT2D eigenvalue weighted by atomic mass is 32.2. The molecular weight excluding hydrogens is 458 g/mol. The first-order valence-electron chi connectivity index (χ1n) is 10.9. The van der Waals surface area contributed by atoms with Crippen molar-refractivity contribution in [1.29, 1.82) is 0 Å². The van der Waals surface area contributed by atoms with Crippen LogP contribution in [0.1, 0.15) is 38.1 Å². The monoisotopic (exact) mass is 489 g/mol. The molecule has 3 rings (SSSR count). The molecule has 2 aromatic carbocycles. The highest BCUT2D eigenvalue weighted by Crippen LogP contribution is 2.25. The van der Waals surface area contributed by atoms with Gasteiger partial charge in [0.15, 0.2) is 0 Å². The molecule has 0 bridgehead atoms. The predicted octanol–water partition coefficient (Wildman–Crippen LogP) is 3.65. The molecule has 0 saturated heterocycles. The van der Waals surface area contributed by atoms with E-state index in [9.17, 15) is 18.3 Å². The molecule has 10 heteroatoms. The molecule has 1 N–H and O–H groups in total. The van der Waals surface area contributed by atoms with E-state index in [0.29, 0.717) is 16.6 Å². The van der Waals surface area contributed by atoms with Crippen molar-refractivity contribution >= 4 is 27.1 Å². The second-order valence-corrected chi connectivity index (χ2v) is 10.7. The van der Waals surface area contributed by atoms with Crippen LogP contribution >= 0.6 is 0 Å². The fourth-order valence-corrected chi connectivity index (χ4v) is 4.29. The summed E-state index contributed by atoms with van der Waals surface area (Å²) in [6.45, 7) is 7.04. The summed E-state index contributed by atoms with van der Waals surface area (Å²) in [7, 11) is -2.39. The van der Waals surface area contributed by atoms with Crippen LogP contribution < -0.4 is 0 Å². The Morgan fingerprint density at radius 1 is 1.15 bits per heavy atom. The van der Waals surface area contributed by atoms with Crippen LogP contribution in [0.2, 0.25) is 0 Å². The first-order valence-corrected chi connectivity index (χ1v) is 12.3. The van der Waals surface area contributed by atoms with Gasteiger partial charge in [-0.1, -0.05) is 35.9 Å². The summed E-state index contributed by atoms with van der Waals surface area (Å²) in [5.74, 6) is 0. The Morgan fingerprint density at radius 2 is 1.79 bits per heavy atom. The Morgan fingerprint density at radius 3 is 2.44 bits per heavy atom. The van der Waals surface area contributed by atoms with Crippen molar-refractivity contribution in [2.75, 3.05) is 20.2 Å². The van der Waals surface area contributed by atoms with Crippen molar-refractivity contribution < 1.29 is 27.2 Å². The van der Waals surface area contributed by atoms with Crippen molar-refractivity contribution in [2.24, 2.45) is 0 Å². The molecule has 0 aliphatic heterocycles. The lowest BCUT2D eigenvalue weighted by Crippen LogP contribution is -2.37. The van der Waals surface area contributed by atoms with Gasteiger partial charge in [0.05, 0.1) is 35.8 Å². The first-order chi connectivity index (χ1) is 15.9. The van der Waals surface area contributed by atoms with E-state index in [2.05, 4.69) is 5.10 Å². The van der Waals surface area contributed by atoms with Gasteiger partial charge >= 0.3 is 6.09 Å². The largest absolute Gasteiger partial charge is 0.444 e. The van der Waals surface area contributed by atoms with Gasteiger partial charge in [-0.3, -0.25) is 8.86 Å². The zero-order valence-corrected chi connectivity index (χ0v) is 20.9. The average Bonchev–Trinajstić information content (AvgIpc) is 3.11. The minimum Gasteiger partial charge on any atom is -0.444 e. The number of aliphatic hydroxyl groups is 1. The Balaban J connectivity index is 1.77. The minimum atomic E-state index is -3.93. The summed E-state index contributed by atoms with van der Waals surface area (Å²) in [6, 6.07) is 13.6. The van der Waals surface area contributed by atoms with Crippen molar-refractivity contribution in [2.45, 2.75) is 50.8 Å². The normalized spacial score (nSPS) is 13.1. The Labute approximate surface area is 200 Å². The van der Waals surface area contributed by atoms with E-state index in [0.717, 1.165) is 5.56 Å². The third-order valence-corrected chi connectivity index (χ3v) is 6.33. The fourth-order valence-electron chi connectivity index (χ4n) is 3.39. The molecule has 9 nitrogen and oxygen atoms in total. The summed E-state index contributed by atoms with van der Waals surface area (Å²) in [5.41, 5.74) is 1.38. The third kappa shape index (κ3) is 6.34. The number of rotatable bonds is 8. The first kappa shape index (κ1) is 25.7. The van der Waals surface area contributed by atoms with Crippen molar-refractivity contribution in [3.63, 3.8) is 0 Å². The van der Waals surface area contributed by atoms with Gasteiger partial charge in [-0.15, -0.1) is 0 Å². The number of aryl methyl sites for hydroxylation is 1. The number of nitrogens with zero attached hydrogens (tertiary/aromatic N) is 3. The lowest BCUT2D eigenvalue weighted by Gasteiger charge is -2.26. The van der Waals surface area contributed by atoms with Crippen LogP contribution in [0.4, 0.5) is 4.79 Å². The van der Waals surface area contributed by atoms with Gasteiger partial charge in [0.1, 0.15) is 11.7 Å². The number of likely N-dealkylation sites (N-methyl/N-ethyl adjacent to an activating group) is 1. The fraction of sp³-hybridized carbons (Fsp3) is 0.417. The molecular formula is C24H31N3O6S. The minimum absolute atomic E-state index is 0.0346. The topological polar surface area (TPSA) is 111 Å². The van der Waals surface area contributed by atoms with Gasteiger partial charge in [-0.05, 0) is 45.9 Å². The molecule has 184 valence electrons. The quantitative estimate of drug-likeness (QED) is 0.481. The van der Waals surface area contributed by atoms with E-state index >= 15 is 0 Å². The second kappa shape index (κ2) is 10.1. The van der Waals surface area contributed by atoms with Crippen molar-refractivity contribution in [1.82, 2.24) is 14.7 Å². The second-order valence-electron chi connectivity index (χ2n) is 9.09. The van der Waals surface area contributed by atoms with E-state index in [-0.39, 0.29) is 24.6 Å². The maximum atomic E-state index is 12.5. The van der Waals surface area contributed by atoms with E-state index in [1.807, 2.05) is 25.1 Å². The summed E-state index contributed by atoms with van der Waals surface area (Å²) in [6.07, 6.45) is -1.65. The molecule has 0 unspecified atom stereocenters. The molecule has 0 fully saturated rings. The van der Waals surface area contributed by atoms with Gasteiger partial charge in [0, 0.05) is 12.4 Å². The number of amides is 1. The number of carbonyl (C=O) groups is 1. The molecule has 1 heterocycles. The molecule has 3 aromatic rings. The summed E-state index contributed by atoms with van der Waals surface area (Å²) in [4.78, 5) is 13.7.